The molecule has 1 aliphatic carbocycles. The molecule has 1 aliphatic rings. The van der Waals surface area contributed by atoms with Gasteiger partial charge in [-0.2, -0.15) is 10.1 Å². The molecular weight excluding hydrogens is 394 g/mol. The minimum absolute atomic E-state index is 0.0161. The van der Waals surface area contributed by atoms with Crippen molar-refractivity contribution < 1.29 is 9.32 Å². The number of aryl methyl sites for hydroxylation is 1. The van der Waals surface area contributed by atoms with Crippen molar-refractivity contribution >= 4 is 5.91 Å². The molecule has 0 fully saturated rings. The first-order valence-electron chi connectivity index (χ1n) is 10.5. The zero-order chi connectivity index (χ0) is 21.6. The highest BCUT2D eigenvalue weighted by Crippen LogP contribution is 2.19. The highest BCUT2D eigenvalue weighted by atomic mass is 16.5. The van der Waals surface area contributed by atoms with Gasteiger partial charge in [-0.25, -0.2) is 4.68 Å². The van der Waals surface area contributed by atoms with Crippen LogP contribution in [0.1, 0.15) is 54.2 Å². The first-order chi connectivity index (χ1) is 15.1. The van der Waals surface area contributed by atoms with Crippen molar-refractivity contribution in [3.63, 3.8) is 0 Å². The summed E-state index contributed by atoms with van der Waals surface area (Å²) in [7, 11) is 0. The summed E-state index contributed by atoms with van der Waals surface area (Å²) < 4.78 is 6.34. The molecule has 160 valence electrons. The van der Waals surface area contributed by atoms with Crippen LogP contribution in [0.4, 0.5) is 0 Å². The van der Waals surface area contributed by atoms with Crippen LogP contribution in [0, 0.1) is 6.92 Å². The number of allylic oxidation sites excluding steroid dienone is 1. The van der Waals surface area contributed by atoms with Gasteiger partial charge in [0, 0.05) is 18.2 Å². The smallest absolute Gasteiger partial charge is 0.316 e. The maximum Gasteiger partial charge on any atom is 0.316 e. The molecule has 2 aromatic heterocycles. The number of hydrogen-bond acceptors (Lipinski definition) is 6. The van der Waals surface area contributed by atoms with E-state index in [1.807, 2.05) is 31.2 Å². The fourth-order valence-corrected chi connectivity index (χ4v) is 3.53. The Bertz CT molecular complexity index is 1140. The van der Waals surface area contributed by atoms with Crippen LogP contribution in [0.15, 0.2) is 57.4 Å². The highest BCUT2D eigenvalue weighted by molar-refractivity contribution is 5.89. The topological polar surface area (TPSA) is 103 Å². The van der Waals surface area contributed by atoms with E-state index < -0.39 is 5.91 Å². The van der Waals surface area contributed by atoms with Gasteiger partial charge in [0.1, 0.15) is 6.54 Å². The Balaban J connectivity index is 1.39. The first kappa shape index (κ1) is 20.7. The molecule has 0 saturated carbocycles. The van der Waals surface area contributed by atoms with Gasteiger partial charge in [-0.05, 0) is 45.1 Å². The van der Waals surface area contributed by atoms with E-state index in [0.717, 1.165) is 30.4 Å². The monoisotopic (exact) mass is 419 g/mol. The number of hydrogen-bond donors (Lipinski definition) is 1. The molecule has 0 aliphatic heterocycles. The van der Waals surface area contributed by atoms with Crippen LogP contribution in [0.25, 0.3) is 11.3 Å². The quantitative estimate of drug-likeness (QED) is 0.590. The van der Waals surface area contributed by atoms with Crippen molar-refractivity contribution in [1.82, 2.24) is 25.2 Å². The van der Waals surface area contributed by atoms with Crippen molar-refractivity contribution in [2.45, 2.75) is 45.6 Å². The number of nitrogens with one attached hydrogen (secondary N) is 1. The number of carbonyl (C=O) groups is 1. The fraction of sp³-hybridized carbons (Fsp3) is 0.348. The zero-order valence-electron chi connectivity index (χ0n) is 17.5. The second-order valence-corrected chi connectivity index (χ2v) is 7.71. The molecule has 0 saturated heterocycles. The molecule has 0 spiro atoms. The van der Waals surface area contributed by atoms with E-state index in [1.165, 1.54) is 29.2 Å². The average molecular weight is 419 g/mol. The van der Waals surface area contributed by atoms with Crippen LogP contribution in [0.3, 0.4) is 0 Å². The van der Waals surface area contributed by atoms with Crippen LogP contribution < -0.4 is 10.9 Å². The van der Waals surface area contributed by atoms with Gasteiger partial charge in [-0.15, -0.1) is 0 Å². The molecule has 0 bridgehead atoms. The van der Waals surface area contributed by atoms with Crippen LogP contribution in [-0.2, 0) is 6.54 Å². The van der Waals surface area contributed by atoms with Crippen molar-refractivity contribution in [3.05, 3.63) is 75.7 Å². The van der Waals surface area contributed by atoms with E-state index in [0.29, 0.717) is 12.2 Å². The molecule has 1 N–H and O–H groups in total. The summed E-state index contributed by atoms with van der Waals surface area (Å²) in [6, 6.07) is 11.0. The van der Waals surface area contributed by atoms with Crippen molar-refractivity contribution in [2.75, 3.05) is 6.54 Å². The molecule has 2 heterocycles. The number of amides is 1. The molecule has 31 heavy (non-hydrogen) atoms. The van der Waals surface area contributed by atoms with E-state index in [1.54, 1.807) is 6.07 Å². The molecule has 8 heteroatoms. The fourth-order valence-electron chi connectivity index (χ4n) is 3.53. The minimum atomic E-state index is -0.413. The summed E-state index contributed by atoms with van der Waals surface area (Å²) in [4.78, 5) is 28.6. The van der Waals surface area contributed by atoms with Crippen molar-refractivity contribution in [3.8, 4) is 11.3 Å². The Labute approximate surface area is 180 Å². The maximum absolute atomic E-state index is 12.3. The number of nitrogens with zero attached hydrogens (tertiary/aromatic N) is 4. The summed E-state index contributed by atoms with van der Waals surface area (Å²) in [6.07, 6.45) is 7.77. The van der Waals surface area contributed by atoms with Crippen LogP contribution in [-0.4, -0.2) is 32.4 Å². The van der Waals surface area contributed by atoms with Crippen molar-refractivity contribution in [2.24, 2.45) is 0 Å². The Morgan fingerprint density at radius 2 is 2.00 bits per heavy atom. The van der Waals surface area contributed by atoms with Gasteiger partial charge in [-0.1, -0.05) is 46.6 Å². The standard InChI is InChI=1S/C23H25N5O3/c1-16-7-9-18(10-8-16)19-11-12-21(29)28(26-19)15-20-25-23(31-27-20)22(30)24-14-13-17-5-3-2-4-6-17/h5,7-12H,2-4,6,13-15H2,1H3,(H,24,30). The number of rotatable bonds is 7. The number of carbonyl (C=O) groups excluding carboxylic acids is 1. The normalized spacial score (nSPS) is 13.6. The van der Waals surface area contributed by atoms with Crippen molar-refractivity contribution in [1.29, 1.82) is 0 Å². The van der Waals surface area contributed by atoms with Gasteiger partial charge in [0.2, 0.25) is 0 Å². The summed E-state index contributed by atoms with van der Waals surface area (Å²) in [5.41, 5.74) is 3.81. The maximum atomic E-state index is 12.3. The average Bonchev–Trinajstić information content (AvgIpc) is 3.25. The summed E-state index contributed by atoms with van der Waals surface area (Å²) in [5, 5.41) is 11.0. The number of aromatic nitrogens is 4. The molecule has 1 amide bonds. The second-order valence-electron chi connectivity index (χ2n) is 7.71. The first-order valence-corrected chi connectivity index (χ1v) is 10.5. The summed E-state index contributed by atoms with van der Waals surface area (Å²) >= 11 is 0. The van der Waals surface area contributed by atoms with Gasteiger partial charge in [-0.3, -0.25) is 9.59 Å². The Morgan fingerprint density at radius 3 is 2.77 bits per heavy atom. The highest BCUT2D eigenvalue weighted by Gasteiger charge is 2.16. The van der Waals surface area contributed by atoms with Crippen LogP contribution in [0.5, 0.6) is 0 Å². The molecule has 4 rings (SSSR count). The summed E-state index contributed by atoms with van der Waals surface area (Å²) in [5.74, 6) is -0.310. The molecule has 1 aromatic carbocycles. The minimum Gasteiger partial charge on any atom is -0.348 e. The molecule has 8 nitrogen and oxygen atoms in total. The lowest BCUT2D eigenvalue weighted by Crippen LogP contribution is -2.25. The molecule has 0 radical (unpaired) electrons. The predicted molar refractivity (Wildman–Crippen MR) is 116 cm³/mol. The predicted octanol–water partition coefficient (Wildman–Crippen LogP) is 3.27. The third-order valence-corrected chi connectivity index (χ3v) is 5.28. The Hall–Kier alpha value is -3.55. The van der Waals surface area contributed by atoms with Gasteiger partial charge in [0.15, 0.2) is 5.82 Å². The lowest BCUT2D eigenvalue weighted by Gasteiger charge is -2.12. The largest absolute Gasteiger partial charge is 0.348 e. The third kappa shape index (κ3) is 5.33. The van der Waals surface area contributed by atoms with E-state index in [4.69, 9.17) is 4.52 Å². The third-order valence-electron chi connectivity index (χ3n) is 5.28. The second kappa shape index (κ2) is 9.51. The van der Waals surface area contributed by atoms with E-state index >= 15 is 0 Å². The summed E-state index contributed by atoms with van der Waals surface area (Å²) in [6.45, 7) is 2.56. The van der Waals surface area contributed by atoms with Gasteiger partial charge >= 0.3 is 11.8 Å². The van der Waals surface area contributed by atoms with E-state index in [9.17, 15) is 9.59 Å². The Morgan fingerprint density at radius 1 is 1.16 bits per heavy atom. The van der Waals surface area contributed by atoms with Crippen LogP contribution >= 0.6 is 0 Å². The SMILES string of the molecule is Cc1ccc(-c2ccc(=O)n(Cc3noc(C(=O)NCCC4=CCCCC4)n3)n2)cc1. The molecular formula is C23H25N5O3. The van der Waals surface area contributed by atoms with E-state index in [2.05, 4.69) is 26.6 Å². The lowest BCUT2D eigenvalue weighted by molar-refractivity contribution is 0.0910. The molecule has 0 atom stereocenters. The molecule has 3 aromatic rings. The van der Waals surface area contributed by atoms with E-state index in [-0.39, 0.29) is 23.8 Å². The van der Waals surface area contributed by atoms with Gasteiger partial charge in [0.25, 0.3) is 5.56 Å². The molecule has 0 unspecified atom stereocenters. The number of benzene rings is 1. The Kier molecular flexibility index (Phi) is 6.35. The zero-order valence-corrected chi connectivity index (χ0v) is 17.5. The van der Waals surface area contributed by atoms with Gasteiger partial charge in [0.05, 0.1) is 5.69 Å². The van der Waals surface area contributed by atoms with Crippen LogP contribution in [0.2, 0.25) is 0 Å². The lowest BCUT2D eigenvalue weighted by atomic mass is 9.97. The van der Waals surface area contributed by atoms with Gasteiger partial charge < -0.3 is 9.84 Å².